The minimum Gasteiger partial charge on any atom is -0.387 e. The summed E-state index contributed by atoms with van der Waals surface area (Å²) in [5, 5.41) is 13.4. The number of aliphatic hydroxyl groups is 1. The molecule has 0 aromatic heterocycles. The molecule has 1 amide bonds. The van der Waals surface area contributed by atoms with Gasteiger partial charge in [-0.05, 0) is 30.7 Å². The zero-order chi connectivity index (χ0) is 15.1. The molecular formula is C14H17Cl2NO3. The maximum atomic E-state index is 11.7. The number of aliphatic hydroxyl groups excluding tert-OH is 1. The average molecular weight is 318 g/mol. The Morgan fingerprint density at radius 1 is 1.45 bits per heavy atom. The third kappa shape index (κ3) is 5.51. The molecule has 0 aliphatic heterocycles. The first-order chi connectivity index (χ1) is 9.43. The molecule has 0 radical (unpaired) electrons. The first-order valence-corrected chi connectivity index (χ1v) is 6.84. The third-order valence-corrected chi connectivity index (χ3v) is 3.01. The van der Waals surface area contributed by atoms with Gasteiger partial charge in [0.15, 0.2) is 0 Å². The Morgan fingerprint density at radius 2 is 2.05 bits per heavy atom. The quantitative estimate of drug-likeness (QED) is 0.760. The summed E-state index contributed by atoms with van der Waals surface area (Å²) in [6.07, 6.45) is 0.0666. The SMILES string of the molecule is C=CCO[C@H](C)C(=O)NC[C@H](O)c1cc(Cl)cc(Cl)c1. The predicted octanol–water partition coefficient (Wildman–Crippen LogP) is 2.73. The van der Waals surface area contributed by atoms with Gasteiger partial charge >= 0.3 is 0 Å². The molecule has 0 unspecified atom stereocenters. The molecule has 0 saturated carbocycles. The largest absolute Gasteiger partial charge is 0.387 e. The second-order valence-electron chi connectivity index (χ2n) is 4.23. The number of hydrogen-bond acceptors (Lipinski definition) is 3. The summed E-state index contributed by atoms with van der Waals surface area (Å²) in [6.45, 7) is 5.47. The molecule has 0 bridgehead atoms. The number of benzene rings is 1. The van der Waals surface area contributed by atoms with E-state index in [9.17, 15) is 9.90 Å². The van der Waals surface area contributed by atoms with Gasteiger partial charge in [0.05, 0.1) is 12.7 Å². The molecule has 1 aromatic carbocycles. The molecule has 0 aliphatic carbocycles. The summed E-state index contributed by atoms with van der Waals surface area (Å²) >= 11 is 11.7. The van der Waals surface area contributed by atoms with Crippen molar-refractivity contribution in [2.24, 2.45) is 0 Å². The Bertz CT molecular complexity index is 459. The van der Waals surface area contributed by atoms with E-state index in [2.05, 4.69) is 11.9 Å². The zero-order valence-corrected chi connectivity index (χ0v) is 12.6. The normalized spacial score (nSPS) is 13.6. The third-order valence-electron chi connectivity index (χ3n) is 2.57. The van der Waals surface area contributed by atoms with Crippen LogP contribution in [0.15, 0.2) is 30.9 Å². The molecule has 2 atom stereocenters. The molecule has 110 valence electrons. The highest BCUT2D eigenvalue weighted by Crippen LogP contribution is 2.23. The van der Waals surface area contributed by atoms with Crippen LogP contribution in [0, 0.1) is 0 Å². The summed E-state index contributed by atoms with van der Waals surface area (Å²) in [5.74, 6) is -0.306. The highest BCUT2D eigenvalue weighted by atomic mass is 35.5. The van der Waals surface area contributed by atoms with Crippen LogP contribution in [0.2, 0.25) is 10.0 Å². The molecule has 0 aliphatic rings. The second-order valence-corrected chi connectivity index (χ2v) is 5.10. The summed E-state index contributed by atoms with van der Waals surface area (Å²) in [5.41, 5.74) is 0.544. The van der Waals surface area contributed by atoms with E-state index in [0.29, 0.717) is 22.2 Å². The number of nitrogens with one attached hydrogen (secondary N) is 1. The van der Waals surface area contributed by atoms with Crippen LogP contribution in [0.4, 0.5) is 0 Å². The van der Waals surface area contributed by atoms with E-state index in [4.69, 9.17) is 27.9 Å². The molecule has 1 rings (SSSR count). The minimum atomic E-state index is -0.887. The molecule has 20 heavy (non-hydrogen) atoms. The van der Waals surface area contributed by atoms with E-state index in [1.807, 2.05) is 0 Å². The Balaban J connectivity index is 2.52. The van der Waals surface area contributed by atoms with Crippen molar-refractivity contribution >= 4 is 29.1 Å². The van der Waals surface area contributed by atoms with Crippen molar-refractivity contribution < 1.29 is 14.6 Å². The molecule has 6 heteroatoms. The maximum absolute atomic E-state index is 11.7. The van der Waals surface area contributed by atoms with Crippen molar-refractivity contribution in [1.82, 2.24) is 5.32 Å². The van der Waals surface area contributed by atoms with Gasteiger partial charge in [0.2, 0.25) is 5.91 Å². The second kappa shape index (κ2) is 8.27. The molecule has 0 spiro atoms. The lowest BCUT2D eigenvalue weighted by molar-refractivity contribution is -0.131. The van der Waals surface area contributed by atoms with E-state index in [1.54, 1.807) is 31.2 Å². The van der Waals surface area contributed by atoms with Gasteiger partial charge in [-0.3, -0.25) is 4.79 Å². The van der Waals surface area contributed by atoms with Crippen molar-refractivity contribution in [3.63, 3.8) is 0 Å². The van der Waals surface area contributed by atoms with Crippen molar-refractivity contribution in [2.75, 3.05) is 13.2 Å². The first-order valence-electron chi connectivity index (χ1n) is 6.08. The van der Waals surface area contributed by atoms with E-state index in [1.165, 1.54) is 0 Å². The first kappa shape index (κ1) is 17.0. The highest BCUT2D eigenvalue weighted by Gasteiger charge is 2.15. The van der Waals surface area contributed by atoms with Gasteiger partial charge in [-0.2, -0.15) is 0 Å². The molecule has 0 saturated heterocycles. The predicted molar refractivity (Wildman–Crippen MR) is 80.0 cm³/mol. The van der Waals surface area contributed by atoms with Crippen LogP contribution >= 0.6 is 23.2 Å². The summed E-state index contributed by atoms with van der Waals surface area (Å²) in [6, 6.07) is 4.77. The number of rotatable bonds is 7. The molecule has 0 heterocycles. The lowest BCUT2D eigenvalue weighted by Gasteiger charge is -2.16. The smallest absolute Gasteiger partial charge is 0.248 e. The molecule has 2 N–H and O–H groups in total. The monoisotopic (exact) mass is 317 g/mol. The minimum absolute atomic E-state index is 0.0529. The van der Waals surface area contributed by atoms with Gasteiger partial charge in [-0.15, -0.1) is 6.58 Å². The van der Waals surface area contributed by atoms with Gasteiger partial charge in [0.25, 0.3) is 0 Å². The highest BCUT2D eigenvalue weighted by molar-refractivity contribution is 6.34. The van der Waals surface area contributed by atoms with Gasteiger partial charge < -0.3 is 15.2 Å². The Labute approximate surface area is 128 Å². The van der Waals surface area contributed by atoms with E-state index >= 15 is 0 Å². The van der Waals surface area contributed by atoms with E-state index < -0.39 is 12.2 Å². The fraction of sp³-hybridized carbons (Fsp3) is 0.357. The van der Waals surface area contributed by atoms with Gasteiger partial charge in [0, 0.05) is 16.6 Å². The van der Waals surface area contributed by atoms with Crippen LogP contribution in [0.5, 0.6) is 0 Å². The van der Waals surface area contributed by atoms with Crippen LogP contribution in [-0.2, 0) is 9.53 Å². The van der Waals surface area contributed by atoms with E-state index in [0.717, 1.165) is 0 Å². The Kier molecular flexibility index (Phi) is 7.02. The van der Waals surface area contributed by atoms with Gasteiger partial charge in [0.1, 0.15) is 6.10 Å². The Hall–Kier alpha value is -1.07. The number of hydrogen-bond donors (Lipinski definition) is 2. The van der Waals surface area contributed by atoms with Crippen LogP contribution in [0.25, 0.3) is 0 Å². The van der Waals surface area contributed by atoms with Crippen LogP contribution < -0.4 is 5.32 Å². The number of halogens is 2. The Morgan fingerprint density at radius 3 is 2.60 bits per heavy atom. The number of carbonyl (C=O) groups excluding carboxylic acids is 1. The van der Waals surface area contributed by atoms with Crippen molar-refractivity contribution in [3.8, 4) is 0 Å². The van der Waals surface area contributed by atoms with Crippen molar-refractivity contribution in [1.29, 1.82) is 0 Å². The average Bonchev–Trinajstić information content (AvgIpc) is 2.40. The number of carbonyl (C=O) groups is 1. The molecule has 4 nitrogen and oxygen atoms in total. The molecular weight excluding hydrogens is 301 g/mol. The van der Waals surface area contributed by atoms with E-state index in [-0.39, 0.29) is 12.5 Å². The fourth-order valence-electron chi connectivity index (χ4n) is 1.51. The molecule has 1 aromatic rings. The van der Waals surface area contributed by atoms with Crippen LogP contribution in [0.3, 0.4) is 0 Å². The molecule has 0 fully saturated rings. The standard InChI is InChI=1S/C14H17Cl2NO3/c1-3-4-20-9(2)14(19)17-8-13(18)10-5-11(15)7-12(16)6-10/h3,5-7,9,13,18H,1,4,8H2,2H3,(H,17,19)/t9-,13+/m1/s1. The summed E-state index contributed by atoms with van der Waals surface area (Å²) in [4.78, 5) is 11.7. The number of amides is 1. The van der Waals surface area contributed by atoms with Gasteiger partial charge in [-0.1, -0.05) is 29.3 Å². The maximum Gasteiger partial charge on any atom is 0.248 e. The summed E-state index contributed by atoms with van der Waals surface area (Å²) < 4.78 is 5.18. The van der Waals surface area contributed by atoms with Crippen LogP contribution in [-0.4, -0.2) is 30.3 Å². The lowest BCUT2D eigenvalue weighted by Crippen LogP contribution is -2.37. The topological polar surface area (TPSA) is 58.6 Å². The van der Waals surface area contributed by atoms with Crippen LogP contribution in [0.1, 0.15) is 18.6 Å². The summed E-state index contributed by atoms with van der Waals surface area (Å²) in [7, 11) is 0. The van der Waals surface area contributed by atoms with Crippen molar-refractivity contribution in [3.05, 3.63) is 46.5 Å². The van der Waals surface area contributed by atoms with Crippen molar-refractivity contribution in [2.45, 2.75) is 19.1 Å². The number of ether oxygens (including phenoxy) is 1. The fourth-order valence-corrected chi connectivity index (χ4v) is 2.06. The van der Waals surface area contributed by atoms with Gasteiger partial charge in [-0.25, -0.2) is 0 Å². The lowest BCUT2D eigenvalue weighted by atomic mass is 10.1. The zero-order valence-electron chi connectivity index (χ0n) is 11.1.